The quantitative estimate of drug-likeness (QED) is 0.625. The van der Waals surface area contributed by atoms with Crippen LogP contribution in [-0.2, 0) is 0 Å². The average molecular weight is 249 g/mol. The van der Waals surface area contributed by atoms with Crippen LogP contribution in [-0.4, -0.2) is 5.71 Å². The highest BCUT2D eigenvalue weighted by Crippen LogP contribution is 2.26. The van der Waals surface area contributed by atoms with Gasteiger partial charge in [0, 0.05) is 11.8 Å². The van der Waals surface area contributed by atoms with E-state index in [4.69, 9.17) is 0 Å². The number of nitrogens with zero attached hydrogens (tertiary/aromatic N) is 1. The van der Waals surface area contributed by atoms with Crippen LogP contribution in [0, 0.1) is 25.6 Å². The molecule has 0 bridgehead atoms. The van der Waals surface area contributed by atoms with Gasteiger partial charge in [0.1, 0.15) is 5.82 Å². The highest BCUT2D eigenvalue weighted by Gasteiger charge is 2.12. The molecule has 18 heavy (non-hydrogen) atoms. The molecular formula is C16H24FN. The van der Waals surface area contributed by atoms with Crippen molar-refractivity contribution in [3.05, 3.63) is 29.1 Å². The molecule has 0 amide bonds. The van der Waals surface area contributed by atoms with E-state index in [1.165, 1.54) is 18.9 Å². The summed E-state index contributed by atoms with van der Waals surface area (Å²) in [5, 5.41) is 0. The minimum atomic E-state index is -0.182. The van der Waals surface area contributed by atoms with E-state index in [0.29, 0.717) is 5.56 Å². The smallest absolute Gasteiger partial charge is 0.128 e. The fraction of sp³-hybridized carbons (Fsp3) is 0.562. The summed E-state index contributed by atoms with van der Waals surface area (Å²) in [6, 6.07) is 3.33. The third-order valence-electron chi connectivity index (χ3n) is 3.17. The first-order valence-corrected chi connectivity index (χ1v) is 6.75. The van der Waals surface area contributed by atoms with E-state index < -0.39 is 0 Å². The monoisotopic (exact) mass is 249 g/mol. The number of hydrogen-bond donors (Lipinski definition) is 0. The summed E-state index contributed by atoms with van der Waals surface area (Å²) in [6.07, 6.45) is 3.87. The maximum atomic E-state index is 13.2. The number of aryl methyl sites for hydroxylation is 2. The molecule has 0 N–H and O–H groups in total. The van der Waals surface area contributed by atoms with Gasteiger partial charge in [0.2, 0.25) is 0 Å². The van der Waals surface area contributed by atoms with E-state index in [-0.39, 0.29) is 5.82 Å². The fourth-order valence-electron chi connectivity index (χ4n) is 1.39. The van der Waals surface area contributed by atoms with Crippen LogP contribution in [0.25, 0.3) is 0 Å². The first kappa shape index (κ1) is 14.9. The SMILES string of the molecule is CC1CC1.CCC(C)=Nc1cc(F)c(C)cc1C. The molecule has 1 nitrogen and oxygen atoms in total. The van der Waals surface area contributed by atoms with Crippen molar-refractivity contribution in [1.82, 2.24) is 0 Å². The van der Waals surface area contributed by atoms with Crippen molar-refractivity contribution in [2.45, 2.75) is 53.9 Å². The normalized spacial score (nSPS) is 15.1. The summed E-state index contributed by atoms with van der Waals surface area (Å²) >= 11 is 0. The van der Waals surface area contributed by atoms with Crippen LogP contribution in [0.4, 0.5) is 10.1 Å². The largest absolute Gasteiger partial charge is 0.258 e. The van der Waals surface area contributed by atoms with Gasteiger partial charge in [0.15, 0.2) is 0 Å². The topological polar surface area (TPSA) is 12.4 Å². The van der Waals surface area contributed by atoms with Crippen molar-refractivity contribution in [3.8, 4) is 0 Å². The third-order valence-corrected chi connectivity index (χ3v) is 3.17. The van der Waals surface area contributed by atoms with Crippen LogP contribution < -0.4 is 0 Å². The van der Waals surface area contributed by atoms with Gasteiger partial charge in [0.05, 0.1) is 5.69 Å². The van der Waals surface area contributed by atoms with Crippen molar-refractivity contribution in [3.63, 3.8) is 0 Å². The lowest BCUT2D eigenvalue weighted by Crippen LogP contribution is -1.89. The molecule has 0 spiro atoms. The number of halogens is 1. The van der Waals surface area contributed by atoms with Crippen LogP contribution in [0.5, 0.6) is 0 Å². The Bertz CT molecular complexity index is 431. The van der Waals surface area contributed by atoms with E-state index in [2.05, 4.69) is 11.9 Å². The molecule has 1 saturated carbocycles. The van der Waals surface area contributed by atoms with Crippen LogP contribution in [0.3, 0.4) is 0 Å². The van der Waals surface area contributed by atoms with Gasteiger partial charge in [-0.05, 0) is 44.2 Å². The number of rotatable bonds is 2. The molecule has 1 aromatic rings. The Labute approximate surface area is 110 Å². The number of benzene rings is 1. The van der Waals surface area contributed by atoms with Gasteiger partial charge in [-0.25, -0.2) is 4.39 Å². The molecule has 100 valence electrons. The molecular weight excluding hydrogens is 225 g/mol. The minimum Gasteiger partial charge on any atom is -0.258 e. The fourth-order valence-corrected chi connectivity index (χ4v) is 1.39. The van der Waals surface area contributed by atoms with Crippen LogP contribution in [0.15, 0.2) is 17.1 Å². The van der Waals surface area contributed by atoms with Gasteiger partial charge in [-0.15, -0.1) is 0 Å². The predicted molar refractivity (Wildman–Crippen MR) is 77.3 cm³/mol. The van der Waals surface area contributed by atoms with Gasteiger partial charge in [-0.3, -0.25) is 4.99 Å². The lowest BCUT2D eigenvalue weighted by molar-refractivity contribution is 0.618. The highest BCUT2D eigenvalue weighted by atomic mass is 19.1. The van der Waals surface area contributed by atoms with Crippen LogP contribution in [0.2, 0.25) is 0 Å². The molecule has 1 aliphatic rings. The molecule has 1 aliphatic carbocycles. The Balaban J connectivity index is 0.000000341. The van der Waals surface area contributed by atoms with Crippen molar-refractivity contribution >= 4 is 11.4 Å². The Morgan fingerprint density at radius 1 is 1.28 bits per heavy atom. The summed E-state index contributed by atoms with van der Waals surface area (Å²) in [6.45, 7) is 9.99. The van der Waals surface area contributed by atoms with E-state index >= 15 is 0 Å². The molecule has 0 aromatic heterocycles. The zero-order chi connectivity index (χ0) is 13.7. The van der Waals surface area contributed by atoms with Gasteiger partial charge in [0.25, 0.3) is 0 Å². The van der Waals surface area contributed by atoms with Crippen molar-refractivity contribution in [2.24, 2.45) is 10.9 Å². The Kier molecular flexibility index (Phi) is 5.52. The van der Waals surface area contributed by atoms with Crippen LogP contribution in [0.1, 0.15) is 51.2 Å². The van der Waals surface area contributed by atoms with Crippen molar-refractivity contribution in [1.29, 1.82) is 0 Å². The minimum absolute atomic E-state index is 0.182. The van der Waals surface area contributed by atoms with E-state index in [1.54, 1.807) is 6.92 Å². The predicted octanol–water partition coefficient (Wildman–Crippen LogP) is 5.36. The third kappa shape index (κ3) is 4.99. The van der Waals surface area contributed by atoms with E-state index in [1.807, 2.05) is 26.8 Å². The molecule has 2 rings (SSSR count). The molecule has 0 atom stereocenters. The van der Waals surface area contributed by atoms with Crippen molar-refractivity contribution < 1.29 is 4.39 Å². The Morgan fingerprint density at radius 2 is 1.83 bits per heavy atom. The first-order chi connectivity index (χ1) is 8.43. The van der Waals surface area contributed by atoms with Crippen molar-refractivity contribution in [2.75, 3.05) is 0 Å². The maximum Gasteiger partial charge on any atom is 0.128 e. The van der Waals surface area contributed by atoms with Gasteiger partial charge >= 0.3 is 0 Å². The number of hydrogen-bond acceptors (Lipinski definition) is 1. The molecule has 0 radical (unpaired) electrons. The summed E-state index contributed by atoms with van der Waals surface area (Å²) in [4.78, 5) is 4.36. The molecule has 0 aliphatic heterocycles. The Morgan fingerprint density at radius 3 is 2.28 bits per heavy atom. The summed E-state index contributed by atoms with van der Waals surface area (Å²) in [5.74, 6) is 0.901. The second-order valence-electron chi connectivity index (χ2n) is 5.27. The molecule has 2 heteroatoms. The Hall–Kier alpha value is -1.18. The lowest BCUT2D eigenvalue weighted by Gasteiger charge is -2.04. The summed E-state index contributed by atoms with van der Waals surface area (Å²) in [5.41, 5.74) is 3.47. The molecule has 0 heterocycles. The molecule has 0 saturated heterocycles. The molecule has 0 unspecified atom stereocenters. The maximum absolute atomic E-state index is 13.2. The molecule has 1 aromatic carbocycles. The van der Waals surface area contributed by atoms with Gasteiger partial charge in [-0.1, -0.05) is 32.8 Å². The van der Waals surface area contributed by atoms with E-state index in [9.17, 15) is 4.39 Å². The zero-order valence-electron chi connectivity index (χ0n) is 12.2. The average Bonchev–Trinajstić information content (AvgIpc) is 3.09. The van der Waals surface area contributed by atoms with Gasteiger partial charge < -0.3 is 0 Å². The standard InChI is InChI=1S/C12H16FN.C4H8/c1-5-10(4)14-12-7-11(13)8(2)6-9(12)3;1-4-2-3-4/h6-7H,5H2,1-4H3;4H,2-3H2,1H3. The number of aliphatic imine (C=N–C) groups is 1. The van der Waals surface area contributed by atoms with Crippen LogP contribution >= 0.6 is 0 Å². The lowest BCUT2D eigenvalue weighted by atomic mass is 10.1. The summed E-state index contributed by atoms with van der Waals surface area (Å²) < 4.78 is 13.2. The highest BCUT2D eigenvalue weighted by molar-refractivity contribution is 5.84. The first-order valence-electron chi connectivity index (χ1n) is 6.75. The second-order valence-corrected chi connectivity index (χ2v) is 5.27. The molecule has 1 fully saturated rings. The second kappa shape index (κ2) is 6.67. The van der Waals surface area contributed by atoms with Gasteiger partial charge in [-0.2, -0.15) is 0 Å². The summed E-state index contributed by atoms with van der Waals surface area (Å²) in [7, 11) is 0. The van der Waals surface area contributed by atoms with E-state index in [0.717, 1.165) is 29.3 Å². The zero-order valence-corrected chi connectivity index (χ0v) is 12.2.